The van der Waals surface area contributed by atoms with Crippen molar-refractivity contribution in [2.45, 2.75) is 70.0 Å². The molecule has 2 aromatic carbocycles. The number of aryl methyl sites for hydroxylation is 1. The van der Waals surface area contributed by atoms with Crippen LogP contribution >= 0.6 is 0 Å². The number of fused-ring (bicyclic) bond motifs is 2. The summed E-state index contributed by atoms with van der Waals surface area (Å²) in [6.45, 7) is 1.58. The van der Waals surface area contributed by atoms with Gasteiger partial charge in [0, 0.05) is 42.9 Å². The minimum absolute atomic E-state index is 0.114. The summed E-state index contributed by atoms with van der Waals surface area (Å²) in [6.07, 6.45) is 9.59. The Morgan fingerprint density at radius 1 is 1.12 bits per heavy atom. The molecule has 3 aliphatic heterocycles. The molecule has 0 aromatic heterocycles. The van der Waals surface area contributed by atoms with Crippen LogP contribution in [0.3, 0.4) is 0 Å². The molecule has 5 N–H and O–H groups in total. The van der Waals surface area contributed by atoms with E-state index in [1.165, 1.54) is 31.2 Å². The van der Waals surface area contributed by atoms with Gasteiger partial charge >= 0.3 is 0 Å². The Balaban J connectivity index is 0.922. The number of carbonyl (C=O) groups is 3. The van der Waals surface area contributed by atoms with Crippen LogP contribution in [0.15, 0.2) is 59.2 Å². The lowest BCUT2D eigenvalue weighted by Gasteiger charge is -2.36. The lowest BCUT2D eigenvalue weighted by molar-refractivity contribution is -0.136. The maximum absolute atomic E-state index is 12.9. The van der Waals surface area contributed by atoms with Gasteiger partial charge in [0.15, 0.2) is 0 Å². The number of hydrogen-bond donors (Lipinski definition) is 4. The molecule has 4 aliphatic rings. The zero-order valence-electron chi connectivity index (χ0n) is 23.3. The van der Waals surface area contributed by atoms with Crippen molar-refractivity contribution in [2.75, 3.05) is 18.4 Å². The van der Waals surface area contributed by atoms with Gasteiger partial charge in [0.25, 0.3) is 5.91 Å². The van der Waals surface area contributed by atoms with E-state index in [0.717, 1.165) is 47.0 Å². The molecule has 1 unspecified atom stereocenters. The summed E-state index contributed by atoms with van der Waals surface area (Å²) in [6, 6.07) is 14.1. The molecule has 41 heavy (non-hydrogen) atoms. The summed E-state index contributed by atoms with van der Waals surface area (Å²) in [4.78, 5) is 43.1. The third-order valence-corrected chi connectivity index (χ3v) is 8.84. The van der Waals surface area contributed by atoms with Crippen LogP contribution in [0.5, 0.6) is 0 Å². The van der Waals surface area contributed by atoms with E-state index in [1.54, 1.807) is 4.90 Å². The van der Waals surface area contributed by atoms with Gasteiger partial charge in [-0.3, -0.25) is 19.7 Å². The number of benzene rings is 2. The Morgan fingerprint density at radius 3 is 2.80 bits per heavy atom. The van der Waals surface area contributed by atoms with Crippen molar-refractivity contribution in [3.63, 3.8) is 0 Å². The fourth-order valence-corrected chi connectivity index (χ4v) is 6.40. The number of nitrogens with two attached hydrogens (primary N) is 1. The number of unbranched alkanes of at least 4 members (excludes halogenated alkanes) is 1. The first-order valence-corrected chi connectivity index (χ1v) is 14.8. The van der Waals surface area contributed by atoms with Crippen LogP contribution in [0.2, 0.25) is 0 Å². The standard InChI is InChI=1S/C32H38N6O3/c33-16-23(28-18-35-26-7-3-4-8-27(26)36-28)17-34-24-14-21(15-24)6-2-1-5-20-9-10-25-22(13-20)19-38(32(25)41)29-11-12-30(39)37-31(29)40/h3-4,7-10,13,17,21,24,29,34-35H,1-2,5-6,11-12,14-16,18-19,33H2,(H,37,39,40)/b23-17+. The van der Waals surface area contributed by atoms with Crippen LogP contribution in [0.25, 0.3) is 0 Å². The SMILES string of the molecule is NC/C(=C\NC1CC(CCCCc2ccc3c(c2)CN(C2CCC(=O)NC2=O)C3=O)C1)C1=Nc2ccccc2NC1. The molecule has 1 saturated heterocycles. The van der Waals surface area contributed by atoms with E-state index < -0.39 is 6.04 Å². The number of hydrogen-bond acceptors (Lipinski definition) is 7. The summed E-state index contributed by atoms with van der Waals surface area (Å²) in [5.41, 5.74) is 13.0. The molecule has 0 spiro atoms. The average Bonchev–Trinajstić information content (AvgIpc) is 3.28. The highest BCUT2D eigenvalue weighted by molar-refractivity contribution is 6.07. The average molecular weight is 555 g/mol. The first-order chi connectivity index (χ1) is 20.0. The maximum atomic E-state index is 12.9. The second-order valence-corrected chi connectivity index (χ2v) is 11.6. The van der Waals surface area contributed by atoms with E-state index in [2.05, 4.69) is 28.2 Å². The molecule has 2 aromatic rings. The third kappa shape index (κ3) is 5.91. The van der Waals surface area contributed by atoms with E-state index in [0.29, 0.717) is 37.7 Å². The van der Waals surface area contributed by atoms with Gasteiger partial charge in [-0.1, -0.05) is 37.1 Å². The number of imide groups is 1. The van der Waals surface area contributed by atoms with Gasteiger partial charge in [0.05, 0.1) is 23.6 Å². The number of aliphatic imine (C=N–C) groups is 1. The monoisotopic (exact) mass is 554 g/mol. The largest absolute Gasteiger partial charge is 0.388 e. The number of anilines is 1. The van der Waals surface area contributed by atoms with Crippen LogP contribution in [-0.2, 0) is 22.6 Å². The van der Waals surface area contributed by atoms with Gasteiger partial charge in [-0.15, -0.1) is 0 Å². The highest BCUT2D eigenvalue weighted by atomic mass is 16.2. The highest BCUT2D eigenvalue weighted by Crippen LogP contribution is 2.33. The Bertz CT molecular complexity index is 1410. The highest BCUT2D eigenvalue weighted by Gasteiger charge is 2.39. The Kier molecular flexibility index (Phi) is 7.87. The first-order valence-electron chi connectivity index (χ1n) is 14.8. The molecule has 6 rings (SSSR count). The van der Waals surface area contributed by atoms with Crippen LogP contribution in [0.4, 0.5) is 11.4 Å². The smallest absolute Gasteiger partial charge is 0.255 e. The van der Waals surface area contributed by atoms with Crippen LogP contribution in [0.1, 0.15) is 66.4 Å². The third-order valence-electron chi connectivity index (χ3n) is 8.84. The molecule has 2 fully saturated rings. The maximum Gasteiger partial charge on any atom is 0.255 e. The predicted molar refractivity (Wildman–Crippen MR) is 159 cm³/mol. The summed E-state index contributed by atoms with van der Waals surface area (Å²) in [5, 5.41) is 9.36. The van der Waals surface area contributed by atoms with E-state index in [1.807, 2.05) is 36.4 Å². The summed E-state index contributed by atoms with van der Waals surface area (Å²) in [5.74, 6) is 0.00596. The van der Waals surface area contributed by atoms with Crippen molar-refractivity contribution in [3.8, 4) is 0 Å². The Labute approximate surface area is 240 Å². The normalized spacial score (nSPS) is 23.7. The fraction of sp³-hybridized carbons (Fsp3) is 0.438. The molecule has 1 saturated carbocycles. The van der Waals surface area contributed by atoms with Gasteiger partial charge in [-0.25, -0.2) is 4.99 Å². The fourth-order valence-electron chi connectivity index (χ4n) is 6.40. The summed E-state index contributed by atoms with van der Waals surface area (Å²) >= 11 is 0. The molecule has 1 aliphatic carbocycles. The number of piperidine rings is 1. The number of rotatable bonds is 10. The second-order valence-electron chi connectivity index (χ2n) is 11.6. The van der Waals surface area contributed by atoms with Gasteiger partial charge < -0.3 is 21.3 Å². The zero-order chi connectivity index (χ0) is 28.3. The molecule has 9 nitrogen and oxygen atoms in total. The van der Waals surface area contributed by atoms with E-state index in [9.17, 15) is 14.4 Å². The summed E-state index contributed by atoms with van der Waals surface area (Å²) < 4.78 is 0. The molecule has 1 atom stereocenters. The van der Waals surface area contributed by atoms with Crippen molar-refractivity contribution in [2.24, 2.45) is 16.6 Å². The zero-order valence-corrected chi connectivity index (χ0v) is 23.3. The van der Waals surface area contributed by atoms with Crippen molar-refractivity contribution in [1.82, 2.24) is 15.5 Å². The molecular weight excluding hydrogens is 516 g/mol. The first kappa shape index (κ1) is 27.2. The lowest BCUT2D eigenvalue weighted by atomic mass is 9.77. The molecule has 214 valence electrons. The number of nitrogens with one attached hydrogen (secondary N) is 3. The molecule has 0 radical (unpaired) electrons. The molecule has 9 heteroatoms. The lowest BCUT2D eigenvalue weighted by Crippen LogP contribution is -2.52. The van der Waals surface area contributed by atoms with Crippen molar-refractivity contribution < 1.29 is 14.4 Å². The van der Waals surface area contributed by atoms with Gasteiger partial charge in [-0.2, -0.15) is 0 Å². The minimum atomic E-state index is -0.565. The van der Waals surface area contributed by atoms with E-state index >= 15 is 0 Å². The number of amides is 3. The molecule has 0 bridgehead atoms. The van der Waals surface area contributed by atoms with Crippen molar-refractivity contribution in [1.29, 1.82) is 0 Å². The Hall–Kier alpha value is -3.98. The van der Waals surface area contributed by atoms with Crippen LogP contribution in [0, 0.1) is 5.92 Å². The van der Waals surface area contributed by atoms with Crippen LogP contribution in [-0.4, -0.2) is 53.5 Å². The number of para-hydroxylation sites is 2. The number of nitrogens with zero attached hydrogens (tertiary/aromatic N) is 2. The molecule has 3 amide bonds. The van der Waals surface area contributed by atoms with Crippen LogP contribution < -0.4 is 21.7 Å². The van der Waals surface area contributed by atoms with E-state index in [-0.39, 0.29) is 24.1 Å². The second kappa shape index (κ2) is 11.9. The van der Waals surface area contributed by atoms with Gasteiger partial charge in [0.1, 0.15) is 6.04 Å². The molecule has 3 heterocycles. The van der Waals surface area contributed by atoms with E-state index in [4.69, 9.17) is 10.7 Å². The summed E-state index contributed by atoms with van der Waals surface area (Å²) in [7, 11) is 0. The topological polar surface area (TPSA) is 129 Å². The minimum Gasteiger partial charge on any atom is -0.388 e. The number of carbonyl (C=O) groups excluding carboxylic acids is 3. The molecular formula is C32H38N6O3. The quantitative estimate of drug-likeness (QED) is 0.263. The van der Waals surface area contributed by atoms with Crippen molar-refractivity contribution >= 4 is 34.8 Å². The Morgan fingerprint density at radius 2 is 1.98 bits per heavy atom. The van der Waals surface area contributed by atoms with Gasteiger partial charge in [0.2, 0.25) is 11.8 Å². The van der Waals surface area contributed by atoms with Crippen molar-refractivity contribution in [3.05, 3.63) is 70.9 Å². The predicted octanol–water partition coefficient (Wildman–Crippen LogP) is 3.57. The van der Waals surface area contributed by atoms with Gasteiger partial charge in [-0.05, 0) is 67.3 Å².